The van der Waals surface area contributed by atoms with E-state index < -0.39 is 0 Å². The Kier molecular flexibility index (Phi) is 3.82. The summed E-state index contributed by atoms with van der Waals surface area (Å²) < 4.78 is 1.65. The molecule has 1 saturated carbocycles. The molecule has 1 fully saturated rings. The largest absolute Gasteiger partial charge is 0.304 e. The van der Waals surface area contributed by atoms with Crippen molar-refractivity contribution in [3.05, 3.63) is 34.7 Å². The van der Waals surface area contributed by atoms with Gasteiger partial charge in [-0.05, 0) is 18.9 Å². The van der Waals surface area contributed by atoms with E-state index in [1.165, 1.54) is 32.1 Å². The van der Waals surface area contributed by atoms with Crippen LogP contribution in [0.1, 0.15) is 32.1 Å². The summed E-state index contributed by atoms with van der Waals surface area (Å²) in [5.41, 5.74) is 0.0282. The molecule has 0 radical (unpaired) electrons. The monoisotopic (exact) mass is 215 g/mol. The summed E-state index contributed by atoms with van der Waals surface area (Å²) in [5.74, 6) is 6.98. The second-order valence-electron chi connectivity index (χ2n) is 4.32. The van der Waals surface area contributed by atoms with E-state index in [9.17, 15) is 4.79 Å². The molecule has 16 heavy (non-hydrogen) atoms. The quantitative estimate of drug-likeness (QED) is 0.659. The van der Waals surface area contributed by atoms with E-state index in [0.717, 1.165) is 0 Å². The summed E-state index contributed by atoms with van der Waals surface area (Å²) in [6.45, 7) is 0.524. The second-order valence-corrected chi connectivity index (χ2v) is 4.32. The lowest BCUT2D eigenvalue weighted by molar-refractivity contribution is 0.430. The Hall–Kier alpha value is -1.49. The molecule has 0 spiro atoms. The number of hydrogen-bond donors (Lipinski definition) is 0. The lowest BCUT2D eigenvalue weighted by Crippen LogP contribution is -2.17. The maximum absolute atomic E-state index is 11.4. The van der Waals surface area contributed by atoms with Gasteiger partial charge in [0.05, 0.1) is 6.54 Å². The van der Waals surface area contributed by atoms with E-state index in [-0.39, 0.29) is 5.56 Å². The highest BCUT2D eigenvalue weighted by Gasteiger charge is 2.09. The minimum atomic E-state index is 0.0282. The molecule has 2 heteroatoms. The molecule has 84 valence electrons. The predicted octanol–water partition coefficient (Wildman–Crippen LogP) is 2.43. The molecule has 1 heterocycles. The first-order chi connectivity index (χ1) is 7.86. The van der Waals surface area contributed by atoms with Crippen LogP contribution < -0.4 is 5.56 Å². The van der Waals surface area contributed by atoms with Gasteiger partial charge in [0.15, 0.2) is 0 Å². The van der Waals surface area contributed by atoms with Gasteiger partial charge in [-0.25, -0.2) is 0 Å². The van der Waals surface area contributed by atoms with Crippen molar-refractivity contribution < 1.29 is 0 Å². The molecule has 0 aliphatic heterocycles. The van der Waals surface area contributed by atoms with Crippen LogP contribution in [0.2, 0.25) is 0 Å². The maximum Gasteiger partial charge on any atom is 0.251 e. The summed E-state index contributed by atoms with van der Waals surface area (Å²) in [5, 5.41) is 0. The highest BCUT2D eigenvalue weighted by molar-refractivity contribution is 5.06. The van der Waals surface area contributed by atoms with Crippen molar-refractivity contribution >= 4 is 0 Å². The summed E-state index contributed by atoms with van der Waals surface area (Å²) in [6, 6.07) is 5.19. The maximum atomic E-state index is 11.4. The number of hydrogen-bond acceptors (Lipinski definition) is 1. The van der Waals surface area contributed by atoms with Crippen molar-refractivity contribution in [2.45, 2.75) is 38.6 Å². The minimum Gasteiger partial charge on any atom is -0.304 e. The van der Waals surface area contributed by atoms with Crippen molar-refractivity contribution in [2.24, 2.45) is 5.92 Å². The molecule has 0 saturated heterocycles. The zero-order valence-corrected chi connectivity index (χ0v) is 9.48. The van der Waals surface area contributed by atoms with Gasteiger partial charge in [0, 0.05) is 18.2 Å². The topological polar surface area (TPSA) is 22.0 Å². The third-order valence-corrected chi connectivity index (χ3v) is 3.06. The summed E-state index contributed by atoms with van der Waals surface area (Å²) >= 11 is 0. The first-order valence-electron chi connectivity index (χ1n) is 6.00. The Morgan fingerprint density at radius 2 is 2.06 bits per heavy atom. The van der Waals surface area contributed by atoms with Crippen LogP contribution in [0, 0.1) is 17.8 Å². The molecule has 1 aromatic heterocycles. The fourth-order valence-corrected chi connectivity index (χ4v) is 2.11. The van der Waals surface area contributed by atoms with E-state index in [0.29, 0.717) is 12.5 Å². The Morgan fingerprint density at radius 1 is 1.25 bits per heavy atom. The van der Waals surface area contributed by atoms with E-state index in [4.69, 9.17) is 0 Å². The fraction of sp³-hybridized carbons (Fsp3) is 0.500. The number of rotatable bonds is 1. The van der Waals surface area contributed by atoms with Crippen LogP contribution in [0.15, 0.2) is 29.2 Å². The van der Waals surface area contributed by atoms with Gasteiger partial charge < -0.3 is 4.57 Å². The molecule has 2 rings (SSSR count). The molecule has 1 aliphatic carbocycles. The van der Waals surface area contributed by atoms with Crippen LogP contribution in [-0.4, -0.2) is 4.57 Å². The average molecular weight is 215 g/mol. The SMILES string of the molecule is O=c1ccccn1CC#CC1CCCCC1. The number of nitrogens with zero attached hydrogens (tertiary/aromatic N) is 1. The molecule has 0 unspecified atom stereocenters. The van der Waals surface area contributed by atoms with E-state index >= 15 is 0 Å². The third-order valence-electron chi connectivity index (χ3n) is 3.06. The van der Waals surface area contributed by atoms with Gasteiger partial charge >= 0.3 is 0 Å². The van der Waals surface area contributed by atoms with Gasteiger partial charge in [0.1, 0.15) is 0 Å². The lowest BCUT2D eigenvalue weighted by Gasteiger charge is -2.15. The Bertz CT molecular complexity index is 444. The van der Waals surface area contributed by atoms with Crippen molar-refractivity contribution in [2.75, 3.05) is 0 Å². The summed E-state index contributed by atoms with van der Waals surface area (Å²) in [6.07, 6.45) is 8.23. The normalized spacial score (nSPS) is 16.5. The standard InChI is InChI=1S/C14H17NO/c16-14-10-4-5-11-15(14)12-6-9-13-7-2-1-3-8-13/h4-5,10-11,13H,1-3,7-8,12H2. The number of aromatic nitrogens is 1. The molecule has 0 N–H and O–H groups in total. The molecule has 1 aliphatic rings. The second kappa shape index (κ2) is 5.55. The Labute approximate surface area is 96.3 Å². The molecule has 0 bridgehead atoms. The van der Waals surface area contributed by atoms with E-state index in [2.05, 4.69) is 11.8 Å². The molecule has 1 aromatic rings. The molecule has 0 atom stereocenters. The molecule has 0 aromatic carbocycles. The van der Waals surface area contributed by atoms with Gasteiger partial charge in [-0.1, -0.05) is 37.2 Å². The summed E-state index contributed by atoms with van der Waals surface area (Å²) in [4.78, 5) is 11.4. The van der Waals surface area contributed by atoms with Crippen LogP contribution in [0.3, 0.4) is 0 Å². The lowest BCUT2D eigenvalue weighted by atomic mass is 9.90. The fourth-order valence-electron chi connectivity index (χ4n) is 2.11. The minimum absolute atomic E-state index is 0.0282. The van der Waals surface area contributed by atoms with Gasteiger partial charge in [-0.3, -0.25) is 4.79 Å². The van der Waals surface area contributed by atoms with E-state index in [1.807, 2.05) is 6.07 Å². The van der Waals surface area contributed by atoms with Crippen molar-refractivity contribution in [3.63, 3.8) is 0 Å². The van der Waals surface area contributed by atoms with Gasteiger partial charge in [0.25, 0.3) is 5.56 Å². The van der Waals surface area contributed by atoms with Crippen LogP contribution in [-0.2, 0) is 6.54 Å². The highest BCUT2D eigenvalue weighted by Crippen LogP contribution is 2.22. The van der Waals surface area contributed by atoms with Crippen LogP contribution in [0.25, 0.3) is 0 Å². The third kappa shape index (κ3) is 3.00. The molecule has 2 nitrogen and oxygen atoms in total. The predicted molar refractivity (Wildman–Crippen MR) is 65.1 cm³/mol. The van der Waals surface area contributed by atoms with Crippen molar-refractivity contribution in [1.29, 1.82) is 0 Å². The van der Waals surface area contributed by atoms with Crippen LogP contribution in [0.4, 0.5) is 0 Å². The van der Waals surface area contributed by atoms with E-state index in [1.54, 1.807) is 22.9 Å². The first-order valence-corrected chi connectivity index (χ1v) is 6.00. The first kappa shape index (κ1) is 11.0. The number of pyridine rings is 1. The molecular formula is C14H17NO. The highest BCUT2D eigenvalue weighted by atomic mass is 16.1. The summed E-state index contributed by atoms with van der Waals surface area (Å²) in [7, 11) is 0. The van der Waals surface area contributed by atoms with Crippen molar-refractivity contribution in [3.8, 4) is 11.8 Å². The van der Waals surface area contributed by atoms with Gasteiger partial charge in [0.2, 0.25) is 0 Å². The average Bonchev–Trinajstić information content (AvgIpc) is 2.33. The zero-order chi connectivity index (χ0) is 11.2. The zero-order valence-electron chi connectivity index (χ0n) is 9.48. The van der Waals surface area contributed by atoms with Crippen molar-refractivity contribution in [1.82, 2.24) is 4.57 Å². The van der Waals surface area contributed by atoms with Gasteiger partial charge in [-0.15, -0.1) is 0 Å². The molecule has 0 amide bonds. The van der Waals surface area contributed by atoms with Gasteiger partial charge in [-0.2, -0.15) is 0 Å². The van der Waals surface area contributed by atoms with Crippen LogP contribution >= 0.6 is 0 Å². The Balaban J connectivity index is 1.94. The molecular weight excluding hydrogens is 198 g/mol. The smallest absolute Gasteiger partial charge is 0.251 e. The van der Waals surface area contributed by atoms with Crippen LogP contribution in [0.5, 0.6) is 0 Å². The Morgan fingerprint density at radius 3 is 2.81 bits per heavy atom.